The van der Waals surface area contributed by atoms with Crippen LogP contribution in [0.2, 0.25) is 0 Å². The van der Waals surface area contributed by atoms with Crippen LogP contribution >= 0.6 is 34.8 Å². The molecule has 0 radical (unpaired) electrons. The van der Waals surface area contributed by atoms with Crippen molar-refractivity contribution in [1.29, 1.82) is 0 Å². The number of benzene rings is 1. The van der Waals surface area contributed by atoms with Gasteiger partial charge in [-0.1, -0.05) is 4.68 Å². The van der Waals surface area contributed by atoms with E-state index in [2.05, 4.69) is 37.7 Å². The predicted octanol–water partition coefficient (Wildman–Crippen LogP) is 0.134. The summed E-state index contributed by atoms with van der Waals surface area (Å²) >= 11 is 7.48. The second-order valence-corrected chi connectivity index (χ2v) is 7.62. The van der Waals surface area contributed by atoms with Gasteiger partial charge in [0.25, 0.3) is 11.6 Å². The second-order valence-electron chi connectivity index (χ2n) is 6.01. The summed E-state index contributed by atoms with van der Waals surface area (Å²) in [5, 5.41) is 18.4. The van der Waals surface area contributed by atoms with Crippen molar-refractivity contribution in [1.82, 2.24) is 15.1 Å². The van der Waals surface area contributed by atoms with Crippen LogP contribution in [0.15, 0.2) is 28.8 Å². The van der Waals surface area contributed by atoms with E-state index in [1.807, 2.05) is 12.1 Å². The number of anilines is 1. The molecule has 1 aliphatic rings. The summed E-state index contributed by atoms with van der Waals surface area (Å²) in [6.45, 7) is 0.0230. The number of thiocarbonyl (C=S) groups is 1. The summed E-state index contributed by atoms with van der Waals surface area (Å²) in [5.41, 5.74) is 0.879. The Hall–Kier alpha value is -2.28. The normalized spacial score (nSPS) is 16.9. The molecule has 1 fully saturated rings. The van der Waals surface area contributed by atoms with Crippen LogP contribution in [0.3, 0.4) is 0 Å². The first-order valence-corrected chi connectivity index (χ1v) is 9.42. The Morgan fingerprint density at radius 2 is 2.11 bits per heavy atom. The smallest absolute Gasteiger partial charge is 0.252 e. The molecular formula is C16H16IN5O4S. The zero-order valence-electron chi connectivity index (χ0n) is 14.5. The fourth-order valence-corrected chi connectivity index (χ4v) is 3.38. The Morgan fingerprint density at radius 3 is 2.70 bits per heavy atom. The third kappa shape index (κ3) is 4.03. The number of likely N-dealkylation sites (N-methyl/N-ethyl adjacent to an activating group) is 1. The molecule has 0 spiro atoms. The second kappa shape index (κ2) is 7.76. The van der Waals surface area contributed by atoms with Crippen molar-refractivity contribution in [2.24, 2.45) is 7.05 Å². The van der Waals surface area contributed by atoms with Crippen molar-refractivity contribution in [2.75, 3.05) is 12.4 Å². The standard InChI is InChI=1S/C16H16IN5O4S/c1-20-14(24)11(7-13(23)18-10-5-3-9(17)4-6-10)22(16(20)27)8-12-15(25)26-19-21(12)2/h3-6,11H,7-8H2,1-2H3,(H-,18,19,23,25). The van der Waals surface area contributed by atoms with Crippen LogP contribution in [0.4, 0.5) is 5.69 Å². The monoisotopic (exact) mass is 501 g/mol. The number of nitrogens with zero attached hydrogens (tertiary/aromatic N) is 4. The number of amides is 2. The Labute approximate surface area is 174 Å². The predicted molar refractivity (Wildman–Crippen MR) is 104 cm³/mol. The molecule has 2 heterocycles. The lowest BCUT2D eigenvalue weighted by atomic mass is 10.1. The van der Waals surface area contributed by atoms with E-state index < -0.39 is 12.0 Å². The zero-order valence-corrected chi connectivity index (χ0v) is 17.5. The number of carbonyl (C=O) groups excluding carboxylic acids is 2. The van der Waals surface area contributed by atoms with Crippen molar-refractivity contribution >= 4 is 57.4 Å². The summed E-state index contributed by atoms with van der Waals surface area (Å²) in [6, 6.07) is 6.50. The molecule has 1 saturated heterocycles. The first-order valence-electron chi connectivity index (χ1n) is 7.93. The number of nitrogens with one attached hydrogen (secondary N) is 1. The van der Waals surface area contributed by atoms with Gasteiger partial charge in [0.05, 0.1) is 11.7 Å². The Morgan fingerprint density at radius 1 is 1.44 bits per heavy atom. The van der Waals surface area contributed by atoms with Crippen molar-refractivity contribution < 1.29 is 23.9 Å². The average molecular weight is 501 g/mol. The first-order chi connectivity index (χ1) is 12.8. The van der Waals surface area contributed by atoms with Crippen LogP contribution in [-0.2, 0) is 23.2 Å². The summed E-state index contributed by atoms with van der Waals surface area (Å²) in [4.78, 5) is 27.8. The van der Waals surface area contributed by atoms with E-state index in [9.17, 15) is 14.7 Å². The van der Waals surface area contributed by atoms with Crippen molar-refractivity contribution in [3.8, 4) is 5.95 Å². The quantitative estimate of drug-likeness (QED) is 0.353. The summed E-state index contributed by atoms with van der Waals surface area (Å²) in [6.07, 6.45) is -0.0987. The van der Waals surface area contributed by atoms with Crippen LogP contribution in [-0.4, -0.2) is 45.1 Å². The molecule has 0 bridgehead atoms. The minimum atomic E-state index is -0.805. The van der Waals surface area contributed by atoms with E-state index >= 15 is 0 Å². The van der Waals surface area contributed by atoms with Gasteiger partial charge in [0, 0.05) is 16.3 Å². The fraction of sp³-hybridized carbons (Fsp3) is 0.312. The number of hydrogen-bond donors (Lipinski definition) is 1. The van der Waals surface area contributed by atoms with Gasteiger partial charge in [-0.25, -0.2) is 0 Å². The number of aryl methyl sites for hydroxylation is 1. The molecule has 0 saturated carbocycles. The molecular weight excluding hydrogens is 485 g/mol. The van der Waals surface area contributed by atoms with Crippen molar-refractivity contribution in [3.05, 3.63) is 33.5 Å². The van der Waals surface area contributed by atoms with Gasteiger partial charge < -0.3 is 19.8 Å². The molecule has 2 amide bonds. The molecule has 9 nitrogen and oxygen atoms in total. The highest BCUT2D eigenvalue weighted by Crippen LogP contribution is 2.23. The molecule has 11 heteroatoms. The maximum atomic E-state index is 12.5. The lowest BCUT2D eigenvalue weighted by Crippen LogP contribution is -2.42. The minimum absolute atomic E-state index is 0.0230. The molecule has 1 aromatic heterocycles. The topological polar surface area (TPSA) is 106 Å². The van der Waals surface area contributed by atoms with Gasteiger partial charge in [0.2, 0.25) is 5.91 Å². The number of halogens is 1. The largest absolute Gasteiger partial charge is 0.539 e. The van der Waals surface area contributed by atoms with Crippen LogP contribution in [0.1, 0.15) is 12.1 Å². The van der Waals surface area contributed by atoms with Crippen LogP contribution < -0.4 is 15.1 Å². The number of aromatic nitrogens is 2. The van der Waals surface area contributed by atoms with E-state index in [0.717, 1.165) is 3.57 Å². The molecule has 1 atom stereocenters. The maximum absolute atomic E-state index is 12.5. The molecule has 1 aliphatic heterocycles. The van der Waals surface area contributed by atoms with Gasteiger partial charge in [-0.05, 0) is 59.1 Å². The lowest BCUT2D eigenvalue weighted by molar-refractivity contribution is -0.746. The molecule has 27 heavy (non-hydrogen) atoms. The first kappa shape index (κ1) is 19.5. The van der Waals surface area contributed by atoms with E-state index in [4.69, 9.17) is 12.2 Å². The minimum Gasteiger partial charge on any atom is -0.539 e. The van der Waals surface area contributed by atoms with Gasteiger partial charge in [0.1, 0.15) is 12.6 Å². The molecule has 1 aromatic carbocycles. The average Bonchev–Trinajstić information content (AvgIpc) is 3.04. The number of hydrogen-bond acceptors (Lipinski definition) is 6. The molecule has 1 unspecified atom stereocenters. The number of rotatable bonds is 5. The zero-order chi connectivity index (χ0) is 19.7. The summed E-state index contributed by atoms with van der Waals surface area (Å²) in [5.74, 6) is -1.23. The van der Waals surface area contributed by atoms with Crippen LogP contribution in [0.25, 0.3) is 0 Å². The van der Waals surface area contributed by atoms with E-state index in [-0.39, 0.29) is 35.6 Å². The van der Waals surface area contributed by atoms with Gasteiger partial charge >= 0.3 is 0 Å². The molecule has 0 aliphatic carbocycles. The van der Waals surface area contributed by atoms with Gasteiger partial charge in [-0.2, -0.15) is 0 Å². The Balaban J connectivity index is 1.76. The highest BCUT2D eigenvalue weighted by atomic mass is 127. The van der Waals surface area contributed by atoms with E-state index in [1.165, 1.54) is 9.58 Å². The third-order valence-electron chi connectivity index (χ3n) is 4.22. The molecule has 3 rings (SSSR count). The number of carbonyl (C=O) groups is 2. The maximum Gasteiger partial charge on any atom is 0.252 e. The Kier molecular flexibility index (Phi) is 5.60. The lowest BCUT2D eigenvalue weighted by Gasteiger charge is -2.21. The van der Waals surface area contributed by atoms with Crippen LogP contribution in [0, 0.1) is 3.57 Å². The highest BCUT2D eigenvalue weighted by Gasteiger charge is 2.42. The van der Waals surface area contributed by atoms with E-state index in [0.29, 0.717) is 5.69 Å². The fourth-order valence-electron chi connectivity index (χ4n) is 2.73. The van der Waals surface area contributed by atoms with Crippen molar-refractivity contribution in [2.45, 2.75) is 19.0 Å². The van der Waals surface area contributed by atoms with E-state index in [1.54, 1.807) is 31.1 Å². The highest BCUT2D eigenvalue weighted by molar-refractivity contribution is 14.1. The summed E-state index contributed by atoms with van der Waals surface area (Å²) in [7, 11) is 3.10. The van der Waals surface area contributed by atoms with Gasteiger partial charge in [-0.15, -0.1) is 0 Å². The van der Waals surface area contributed by atoms with Gasteiger partial charge in [-0.3, -0.25) is 14.5 Å². The van der Waals surface area contributed by atoms with Crippen LogP contribution in [0.5, 0.6) is 5.95 Å². The summed E-state index contributed by atoms with van der Waals surface area (Å²) < 4.78 is 6.94. The molecule has 2 aromatic rings. The third-order valence-corrected chi connectivity index (χ3v) is 5.45. The van der Waals surface area contributed by atoms with Gasteiger partial charge in [0.15, 0.2) is 18.1 Å². The Bertz CT molecular complexity index is 881. The SMILES string of the molecule is CN1C(=O)C(CC(=O)Nc2ccc(I)cc2)N(Cc2c([O-])on[n+]2C)C1=S. The molecule has 1 N–H and O–H groups in total. The van der Waals surface area contributed by atoms with Crippen molar-refractivity contribution in [3.63, 3.8) is 0 Å². The molecule has 142 valence electrons.